The molecule has 0 bridgehead atoms. The van der Waals surface area contributed by atoms with Crippen LogP contribution in [0.4, 0.5) is 4.79 Å². The van der Waals surface area contributed by atoms with E-state index in [0.29, 0.717) is 28.6 Å². The van der Waals surface area contributed by atoms with Gasteiger partial charge in [-0.15, -0.1) is 0 Å². The number of carbonyl (C=O) groups excluding carboxylic acids is 1. The van der Waals surface area contributed by atoms with Crippen molar-refractivity contribution in [2.24, 2.45) is 5.73 Å². The molecule has 2 aliphatic heterocycles. The maximum absolute atomic E-state index is 11.8. The highest BCUT2D eigenvalue weighted by molar-refractivity contribution is 6.42. The van der Waals surface area contributed by atoms with Crippen molar-refractivity contribution in [3.63, 3.8) is 0 Å². The van der Waals surface area contributed by atoms with Crippen molar-refractivity contribution in [3.05, 3.63) is 27.7 Å². The van der Waals surface area contributed by atoms with Gasteiger partial charge < -0.3 is 20.5 Å². The maximum atomic E-state index is 11.8. The topological polar surface area (TPSA) is 75.8 Å². The lowest BCUT2D eigenvalue weighted by atomic mass is 9.94. The van der Waals surface area contributed by atoms with E-state index in [2.05, 4.69) is 0 Å². The predicted octanol–water partition coefficient (Wildman–Crippen LogP) is 2.33. The SMILES string of the molecule is NC[C@H]1OC(=O)N2C[C@@H](c3c(O)ccc(Cl)c3Cl)C[C@@H]12. The van der Waals surface area contributed by atoms with Gasteiger partial charge in [0.05, 0.1) is 16.1 Å². The van der Waals surface area contributed by atoms with Crippen molar-refractivity contribution >= 4 is 29.3 Å². The van der Waals surface area contributed by atoms with Gasteiger partial charge in [-0.2, -0.15) is 0 Å². The van der Waals surface area contributed by atoms with Crippen LogP contribution in [0.25, 0.3) is 0 Å². The van der Waals surface area contributed by atoms with Crippen molar-refractivity contribution in [1.82, 2.24) is 4.90 Å². The van der Waals surface area contributed by atoms with Crippen LogP contribution >= 0.6 is 23.2 Å². The summed E-state index contributed by atoms with van der Waals surface area (Å²) in [6.45, 7) is 0.739. The van der Waals surface area contributed by atoms with Gasteiger partial charge in [-0.05, 0) is 18.6 Å². The Balaban J connectivity index is 1.92. The van der Waals surface area contributed by atoms with E-state index in [-0.39, 0.29) is 36.5 Å². The van der Waals surface area contributed by atoms with E-state index in [0.717, 1.165) is 0 Å². The molecule has 2 saturated heterocycles. The molecule has 2 aliphatic rings. The molecule has 2 fully saturated rings. The van der Waals surface area contributed by atoms with Gasteiger partial charge in [0.1, 0.15) is 11.9 Å². The molecule has 0 aliphatic carbocycles. The van der Waals surface area contributed by atoms with Crippen LogP contribution in [0.5, 0.6) is 5.75 Å². The molecule has 3 rings (SSSR count). The van der Waals surface area contributed by atoms with Gasteiger partial charge in [-0.3, -0.25) is 0 Å². The zero-order chi connectivity index (χ0) is 14.4. The first-order valence-corrected chi connectivity index (χ1v) is 7.12. The molecule has 1 aromatic rings. The molecule has 7 heteroatoms. The number of benzene rings is 1. The molecule has 20 heavy (non-hydrogen) atoms. The van der Waals surface area contributed by atoms with Crippen molar-refractivity contribution < 1.29 is 14.6 Å². The van der Waals surface area contributed by atoms with Crippen molar-refractivity contribution in [1.29, 1.82) is 0 Å². The molecule has 5 nitrogen and oxygen atoms in total. The fraction of sp³-hybridized carbons (Fsp3) is 0.462. The molecule has 0 radical (unpaired) electrons. The number of hydrogen-bond donors (Lipinski definition) is 2. The van der Waals surface area contributed by atoms with Gasteiger partial charge in [0, 0.05) is 24.6 Å². The maximum Gasteiger partial charge on any atom is 0.410 e. The average Bonchev–Trinajstić information content (AvgIpc) is 2.96. The summed E-state index contributed by atoms with van der Waals surface area (Å²) in [5.41, 5.74) is 6.21. The Morgan fingerprint density at radius 2 is 2.20 bits per heavy atom. The first-order valence-electron chi connectivity index (χ1n) is 6.37. The highest BCUT2D eigenvalue weighted by Crippen LogP contribution is 2.45. The van der Waals surface area contributed by atoms with E-state index in [1.165, 1.54) is 6.07 Å². The molecule has 1 aromatic carbocycles. The van der Waals surface area contributed by atoms with Gasteiger partial charge in [0.2, 0.25) is 0 Å². The Kier molecular flexibility index (Phi) is 3.44. The lowest BCUT2D eigenvalue weighted by Gasteiger charge is -2.16. The van der Waals surface area contributed by atoms with Gasteiger partial charge in [0.15, 0.2) is 0 Å². The average molecular weight is 317 g/mol. The fourth-order valence-corrected chi connectivity index (χ4v) is 3.54. The summed E-state index contributed by atoms with van der Waals surface area (Å²) >= 11 is 12.2. The molecule has 3 N–H and O–H groups in total. The summed E-state index contributed by atoms with van der Waals surface area (Å²) in [5.74, 6) is 0.0383. The molecule has 3 atom stereocenters. The molecular formula is C13H14Cl2N2O3. The second kappa shape index (κ2) is 4.98. The minimum atomic E-state index is -0.356. The number of ether oxygens (including phenoxy) is 1. The van der Waals surface area contributed by atoms with Crippen molar-refractivity contribution in [2.45, 2.75) is 24.5 Å². The number of rotatable bonds is 2. The Morgan fingerprint density at radius 1 is 1.45 bits per heavy atom. The van der Waals surface area contributed by atoms with Crippen LogP contribution < -0.4 is 5.73 Å². The summed E-state index contributed by atoms with van der Waals surface area (Å²) in [4.78, 5) is 13.4. The number of hydrogen-bond acceptors (Lipinski definition) is 4. The standard InChI is InChI=1S/C13H14Cl2N2O3/c14-7-1-2-9(18)11(12(7)15)6-3-8-10(4-16)20-13(19)17(8)5-6/h1-2,6,8,10,18H,3-5,16H2/t6-,8-,10+/m0/s1. The predicted molar refractivity (Wildman–Crippen MR) is 75.3 cm³/mol. The van der Waals surface area contributed by atoms with Crippen molar-refractivity contribution in [3.8, 4) is 5.75 Å². The lowest BCUT2D eigenvalue weighted by molar-refractivity contribution is 0.128. The first-order chi connectivity index (χ1) is 9.52. The number of halogens is 2. The second-order valence-corrected chi connectivity index (χ2v) is 5.89. The fourth-order valence-electron chi connectivity index (χ4n) is 3.06. The molecular weight excluding hydrogens is 303 g/mol. The van der Waals surface area contributed by atoms with Gasteiger partial charge >= 0.3 is 6.09 Å². The van der Waals surface area contributed by atoms with Crippen LogP contribution in [0.2, 0.25) is 10.0 Å². The molecule has 2 heterocycles. The van der Waals surface area contributed by atoms with Crippen LogP contribution in [0, 0.1) is 0 Å². The second-order valence-electron chi connectivity index (χ2n) is 5.10. The van der Waals surface area contributed by atoms with E-state index >= 15 is 0 Å². The quantitative estimate of drug-likeness (QED) is 0.878. The Bertz CT molecular complexity index is 567. The molecule has 0 saturated carbocycles. The Labute approximate surface area is 126 Å². The van der Waals surface area contributed by atoms with E-state index in [1.807, 2.05) is 0 Å². The Hall–Kier alpha value is -1.17. The van der Waals surface area contributed by atoms with E-state index in [9.17, 15) is 9.90 Å². The number of nitrogens with zero attached hydrogens (tertiary/aromatic N) is 1. The van der Waals surface area contributed by atoms with Crippen LogP contribution in [0.1, 0.15) is 17.9 Å². The number of fused-ring (bicyclic) bond motifs is 1. The number of cyclic esters (lactones) is 1. The number of nitrogens with two attached hydrogens (primary N) is 1. The van der Waals surface area contributed by atoms with Crippen LogP contribution in [0.3, 0.4) is 0 Å². The minimum absolute atomic E-state index is 0.0619. The first kappa shape index (κ1) is 13.8. The molecule has 0 unspecified atom stereocenters. The van der Waals surface area contributed by atoms with E-state index in [1.54, 1.807) is 11.0 Å². The summed E-state index contributed by atoms with van der Waals surface area (Å²) in [6.07, 6.45) is -0.000454. The molecule has 0 spiro atoms. The number of carbonyl (C=O) groups is 1. The normalized spacial score (nSPS) is 28.6. The van der Waals surface area contributed by atoms with E-state index < -0.39 is 0 Å². The zero-order valence-electron chi connectivity index (χ0n) is 10.6. The number of amides is 1. The molecule has 108 valence electrons. The lowest BCUT2D eigenvalue weighted by Crippen LogP contribution is -2.34. The molecule has 1 amide bonds. The molecule has 0 aromatic heterocycles. The van der Waals surface area contributed by atoms with Crippen LogP contribution in [0.15, 0.2) is 12.1 Å². The van der Waals surface area contributed by atoms with Gasteiger partial charge in [-0.1, -0.05) is 23.2 Å². The number of phenols is 1. The van der Waals surface area contributed by atoms with Crippen molar-refractivity contribution in [2.75, 3.05) is 13.1 Å². The third-order valence-electron chi connectivity index (χ3n) is 4.01. The summed E-state index contributed by atoms with van der Waals surface area (Å²) in [5, 5.41) is 10.8. The highest BCUT2D eigenvalue weighted by atomic mass is 35.5. The smallest absolute Gasteiger partial charge is 0.410 e. The minimum Gasteiger partial charge on any atom is -0.508 e. The summed E-state index contributed by atoms with van der Waals surface area (Å²) in [7, 11) is 0. The largest absolute Gasteiger partial charge is 0.508 e. The van der Waals surface area contributed by atoms with Crippen LogP contribution in [-0.4, -0.2) is 41.3 Å². The third kappa shape index (κ3) is 2.01. The monoisotopic (exact) mass is 316 g/mol. The van der Waals surface area contributed by atoms with E-state index in [4.69, 9.17) is 33.7 Å². The van der Waals surface area contributed by atoms with Crippen LogP contribution in [-0.2, 0) is 4.74 Å². The number of phenolic OH excluding ortho intramolecular Hbond substituents is 1. The summed E-state index contributed by atoms with van der Waals surface area (Å²) in [6, 6.07) is 3.01. The van der Waals surface area contributed by atoms with Gasteiger partial charge in [0.25, 0.3) is 0 Å². The summed E-state index contributed by atoms with van der Waals surface area (Å²) < 4.78 is 5.19. The zero-order valence-corrected chi connectivity index (χ0v) is 12.1. The highest BCUT2D eigenvalue weighted by Gasteiger charge is 2.48. The third-order valence-corrected chi connectivity index (χ3v) is 4.83. The number of aromatic hydroxyl groups is 1. The Morgan fingerprint density at radius 3 is 2.90 bits per heavy atom. The van der Waals surface area contributed by atoms with Gasteiger partial charge in [-0.25, -0.2) is 4.79 Å².